The summed E-state index contributed by atoms with van der Waals surface area (Å²) in [7, 11) is 0. The number of hydrogen-bond donors (Lipinski definition) is 0. The number of aromatic nitrogens is 3. The molecule has 0 aliphatic rings. The summed E-state index contributed by atoms with van der Waals surface area (Å²) in [6, 6.07) is 15.0. The third kappa shape index (κ3) is 3.88. The molecule has 134 valence electrons. The lowest BCUT2D eigenvalue weighted by atomic mass is 10.2. The predicted molar refractivity (Wildman–Crippen MR) is 96.1 cm³/mol. The number of carbonyl (C=O) groups excluding carboxylic acids is 1. The Labute approximate surface area is 150 Å². The molecule has 2 heterocycles. The minimum Gasteiger partial charge on any atom is -0.334 e. The molecular weight excluding hydrogens is 332 g/mol. The van der Waals surface area contributed by atoms with Crippen LogP contribution in [0.5, 0.6) is 0 Å². The van der Waals surface area contributed by atoms with Crippen molar-refractivity contribution in [1.29, 1.82) is 0 Å². The molecule has 0 unspecified atom stereocenters. The molecule has 0 spiro atoms. The van der Waals surface area contributed by atoms with E-state index in [1.807, 2.05) is 44.2 Å². The summed E-state index contributed by atoms with van der Waals surface area (Å²) < 4.78 is 5.97. The van der Waals surface area contributed by atoms with E-state index in [0.717, 1.165) is 5.56 Å². The van der Waals surface area contributed by atoms with Gasteiger partial charge in [0.2, 0.25) is 11.7 Å². The molecule has 7 heteroatoms. The standard InChI is InChI=1S/C19H20N4O3/c1-14(2)22(12-15-8-4-3-5-9-15)17(24)13-23-18(21-26-19(23)25)16-10-6-7-11-20-16/h3-11,14H,12-13H2,1-2H3. The van der Waals surface area contributed by atoms with E-state index in [-0.39, 0.29) is 24.3 Å². The van der Waals surface area contributed by atoms with Gasteiger partial charge in [0, 0.05) is 18.8 Å². The Balaban J connectivity index is 1.84. The molecule has 1 amide bonds. The minimum absolute atomic E-state index is 0.0171. The molecule has 0 aliphatic carbocycles. The summed E-state index contributed by atoms with van der Waals surface area (Å²) in [5, 5.41) is 3.77. The van der Waals surface area contributed by atoms with Gasteiger partial charge in [-0.15, -0.1) is 0 Å². The number of pyridine rings is 1. The van der Waals surface area contributed by atoms with Gasteiger partial charge in [-0.2, -0.15) is 0 Å². The molecule has 0 radical (unpaired) electrons. The van der Waals surface area contributed by atoms with Gasteiger partial charge in [-0.1, -0.05) is 41.6 Å². The van der Waals surface area contributed by atoms with Crippen LogP contribution in [0.25, 0.3) is 11.5 Å². The van der Waals surface area contributed by atoms with Crippen molar-refractivity contribution in [1.82, 2.24) is 19.6 Å². The highest BCUT2D eigenvalue weighted by atomic mass is 16.5. The second-order valence-electron chi connectivity index (χ2n) is 6.17. The monoisotopic (exact) mass is 352 g/mol. The molecule has 26 heavy (non-hydrogen) atoms. The summed E-state index contributed by atoms with van der Waals surface area (Å²) in [5.74, 6) is -0.624. The number of hydrogen-bond acceptors (Lipinski definition) is 5. The topological polar surface area (TPSA) is 81.2 Å². The molecule has 0 fully saturated rings. The van der Waals surface area contributed by atoms with E-state index in [4.69, 9.17) is 4.52 Å². The molecule has 3 aromatic rings. The van der Waals surface area contributed by atoms with Crippen LogP contribution in [0.2, 0.25) is 0 Å². The Morgan fingerprint density at radius 1 is 1.15 bits per heavy atom. The predicted octanol–water partition coefficient (Wildman–Crippen LogP) is 2.34. The summed E-state index contributed by atoms with van der Waals surface area (Å²) in [4.78, 5) is 30.8. The lowest BCUT2D eigenvalue weighted by Crippen LogP contribution is -2.40. The first-order valence-corrected chi connectivity index (χ1v) is 8.37. The first-order valence-electron chi connectivity index (χ1n) is 8.37. The van der Waals surface area contributed by atoms with Crippen LogP contribution in [0.1, 0.15) is 19.4 Å². The summed E-state index contributed by atoms with van der Waals surface area (Å²) in [6.45, 7) is 4.20. The van der Waals surface area contributed by atoms with E-state index < -0.39 is 5.76 Å². The van der Waals surface area contributed by atoms with Gasteiger partial charge in [0.1, 0.15) is 12.2 Å². The minimum atomic E-state index is -0.678. The average molecular weight is 352 g/mol. The fraction of sp³-hybridized carbons (Fsp3) is 0.263. The summed E-state index contributed by atoms with van der Waals surface area (Å²) >= 11 is 0. The van der Waals surface area contributed by atoms with Crippen molar-refractivity contribution < 1.29 is 9.32 Å². The Bertz CT molecular complexity index is 917. The Morgan fingerprint density at radius 2 is 1.88 bits per heavy atom. The molecule has 0 atom stereocenters. The molecule has 1 aromatic carbocycles. The van der Waals surface area contributed by atoms with Crippen LogP contribution >= 0.6 is 0 Å². The molecular formula is C19H20N4O3. The lowest BCUT2D eigenvalue weighted by molar-refractivity contribution is -0.134. The quantitative estimate of drug-likeness (QED) is 0.680. The normalized spacial score (nSPS) is 10.9. The van der Waals surface area contributed by atoms with Crippen molar-refractivity contribution in [3.63, 3.8) is 0 Å². The maximum atomic E-state index is 12.9. The maximum Gasteiger partial charge on any atom is 0.442 e. The van der Waals surface area contributed by atoms with Gasteiger partial charge < -0.3 is 4.90 Å². The molecule has 0 bridgehead atoms. The van der Waals surface area contributed by atoms with Crippen molar-refractivity contribution >= 4 is 5.91 Å². The average Bonchev–Trinajstić information content (AvgIpc) is 3.01. The second-order valence-corrected chi connectivity index (χ2v) is 6.17. The van der Waals surface area contributed by atoms with Gasteiger partial charge in [-0.25, -0.2) is 9.36 Å². The van der Waals surface area contributed by atoms with Crippen LogP contribution in [-0.2, 0) is 17.9 Å². The van der Waals surface area contributed by atoms with Gasteiger partial charge in [-0.3, -0.25) is 14.3 Å². The van der Waals surface area contributed by atoms with Crippen molar-refractivity contribution in [3.8, 4) is 11.5 Å². The molecule has 0 saturated carbocycles. The maximum absolute atomic E-state index is 12.9. The van der Waals surface area contributed by atoms with E-state index >= 15 is 0 Å². The number of rotatable bonds is 6. The van der Waals surface area contributed by atoms with Gasteiger partial charge in [0.05, 0.1) is 0 Å². The van der Waals surface area contributed by atoms with Crippen molar-refractivity contribution in [2.24, 2.45) is 0 Å². The van der Waals surface area contributed by atoms with Gasteiger partial charge in [-0.05, 0) is 31.5 Å². The van der Waals surface area contributed by atoms with E-state index in [2.05, 4.69) is 10.1 Å². The van der Waals surface area contributed by atoms with Crippen LogP contribution in [-0.4, -0.2) is 31.6 Å². The van der Waals surface area contributed by atoms with Crippen molar-refractivity contribution in [2.45, 2.75) is 33.0 Å². The smallest absolute Gasteiger partial charge is 0.334 e. The van der Waals surface area contributed by atoms with Gasteiger partial charge in [0.25, 0.3) is 0 Å². The van der Waals surface area contributed by atoms with E-state index in [1.54, 1.807) is 29.3 Å². The van der Waals surface area contributed by atoms with Crippen LogP contribution in [0, 0.1) is 0 Å². The van der Waals surface area contributed by atoms with E-state index in [1.165, 1.54) is 4.57 Å². The zero-order chi connectivity index (χ0) is 18.5. The van der Waals surface area contributed by atoms with Crippen LogP contribution in [0.4, 0.5) is 0 Å². The Kier molecular flexibility index (Phi) is 5.26. The number of nitrogens with zero attached hydrogens (tertiary/aromatic N) is 4. The highest BCUT2D eigenvalue weighted by molar-refractivity contribution is 5.76. The van der Waals surface area contributed by atoms with Crippen LogP contribution in [0.15, 0.2) is 64.0 Å². The molecule has 3 rings (SSSR count). The Morgan fingerprint density at radius 3 is 2.54 bits per heavy atom. The highest BCUT2D eigenvalue weighted by Gasteiger charge is 2.22. The zero-order valence-electron chi connectivity index (χ0n) is 14.7. The third-order valence-corrected chi connectivity index (χ3v) is 4.01. The Hall–Kier alpha value is -3.22. The molecule has 0 N–H and O–H groups in total. The zero-order valence-corrected chi connectivity index (χ0v) is 14.7. The largest absolute Gasteiger partial charge is 0.442 e. The fourth-order valence-corrected chi connectivity index (χ4v) is 2.65. The van der Waals surface area contributed by atoms with E-state index in [9.17, 15) is 9.59 Å². The van der Waals surface area contributed by atoms with Gasteiger partial charge >= 0.3 is 5.76 Å². The second kappa shape index (κ2) is 7.77. The molecule has 0 saturated heterocycles. The fourth-order valence-electron chi connectivity index (χ4n) is 2.65. The number of benzene rings is 1. The lowest BCUT2D eigenvalue weighted by Gasteiger charge is -2.27. The van der Waals surface area contributed by atoms with Crippen molar-refractivity contribution in [2.75, 3.05) is 0 Å². The SMILES string of the molecule is CC(C)N(Cc1ccccc1)C(=O)Cn1c(-c2ccccn2)noc1=O. The molecule has 7 nitrogen and oxygen atoms in total. The van der Waals surface area contributed by atoms with E-state index in [0.29, 0.717) is 12.2 Å². The number of amides is 1. The first kappa shape index (κ1) is 17.6. The molecule has 2 aromatic heterocycles. The van der Waals surface area contributed by atoms with Crippen LogP contribution < -0.4 is 5.76 Å². The third-order valence-electron chi connectivity index (χ3n) is 4.01. The van der Waals surface area contributed by atoms with Gasteiger partial charge in [0.15, 0.2) is 0 Å². The molecule has 0 aliphatic heterocycles. The van der Waals surface area contributed by atoms with Crippen molar-refractivity contribution in [3.05, 3.63) is 70.8 Å². The summed E-state index contributed by atoms with van der Waals surface area (Å²) in [5.41, 5.74) is 1.50. The number of carbonyl (C=O) groups is 1. The van der Waals surface area contributed by atoms with Crippen LogP contribution in [0.3, 0.4) is 0 Å². The first-order chi connectivity index (χ1) is 12.6. The summed E-state index contributed by atoms with van der Waals surface area (Å²) in [6.07, 6.45) is 1.59. The highest BCUT2D eigenvalue weighted by Crippen LogP contribution is 2.14.